The van der Waals surface area contributed by atoms with Gasteiger partial charge in [-0.05, 0) is 55.1 Å². The van der Waals surface area contributed by atoms with Crippen molar-refractivity contribution >= 4 is 17.4 Å². The molecule has 4 nitrogen and oxygen atoms in total. The fraction of sp³-hybridized carbons (Fsp3) is 0.125. The molecule has 2 N–H and O–H groups in total. The second-order valence-electron chi connectivity index (χ2n) is 4.67. The Hall–Kier alpha value is -2.27. The highest BCUT2D eigenvalue weighted by Crippen LogP contribution is 2.28. The summed E-state index contributed by atoms with van der Waals surface area (Å²) in [5.41, 5.74) is 9.39. The van der Waals surface area contributed by atoms with Crippen molar-refractivity contribution in [2.24, 2.45) is 0 Å². The Labute approximate surface area is 127 Å². The summed E-state index contributed by atoms with van der Waals surface area (Å²) in [6.45, 7) is 1.95. The lowest BCUT2D eigenvalue weighted by atomic mass is 10.1. The summed E-state index contributed by atoms with van der Waals surface area (Å²) in [6.07, 6.45) is 2.05. The number of hydrogen-bond donors (Lipinski definition) is 1. The highest BCUT2D eigenvalue weighted by atomic mass is 32.2. The molecule has 0 fully saturated rings. The van der Waals surface area contributed by atoms with Gasteiger partial charge in [-0.25, -0.2) is 0 Å². The number of nitrogens with zero attached hydrogens (tertiary/aromatic N) is 2. The van der Waals surface area contributed by atoms with Gasteiger partial charge in [0.15, 0.2) is 0 Å². The van der Waals surface area contributed by atoms with Gasteiger partial charge in [0.25, 0.3) is 5.89 Å². The molecule has 1 heterocycles. The van der Waals surface area contributed by atoms with E-state index in [0.717, 1.165) is 22.4 Å². The molecule has 1 aromatic heterocycles. The Morgan fingerprint density at radius 1 is 1.10 bits per heavy atom. The number of hydrogen-bond acceptors (Lipinski definition) is 5. The van der Waals surface area contributed by atoms with E-state index in [1.807, 2.05) is 55.6 Å². The highest BCUT2D eigenvalue weighted by Gasteiger charge is 2.13. The van der Waals surface area contributed by atoms with E-state index < -0.39 is 0 Å². The van der Waals surface area contributed by atoms with Gasteiger partial charge in [-0.3, -0.25) is 0 Å². The summed E-state index contributed by atoms with van der Waals surface area (Å²) in [7, 11) is 0. The molecular weight excluding hydrogens is 282 g/mol. The van der Waals surface area contributed by atoms with E-state index in [4.69, 9.17) is 10.3 Å². The average molecular weight is 297 g/mol. The zero-order chi connectivity index (χ0) is 14.8. The molecule has 3 aromatic rings. The van der Waals surface area contributed by atoms with Crippen molar-refractivity contribution in [1.29, 1.82) is 0 Å². The van der Waals surface area contributed by atoms with Crippen molar-refractivity contribution in [3.8, 4) is 22.8 Å². The van der Waals surface area contributed by atoms with E-state index in [9.17, 15) is 0 Å². The van der Waals surface area contributed by atoms with Gasteiger partial charge in [0.2, 0.25) is 5.82 Å². The Bertz CT molecular complexity index is 765. The van der Waals surface area contributed by atoms with Crippen molar-refractivity contribution in [2.75, 3.05) is 12.0 Å². The highest BCUT2D eigenvalue weighted by molar-refractivity contribution is 7.98. The molecule has 0 unspecified atom stereocenters. The molecule has 0 spiro atoms. The first kappa shape index (κ1) is 13.7. The standard InChI is InChI=1S/C16H15N3OS/c1-10-13(4-3-5-14(10)17)16-18-15(19-20-16)11-6-8-12(21-2)9-7-11/h3-9H,17H2,1-2H3. The van der Waals surface area contributed by atoms with Gasteiger partial charge in [-0.1, -0.05) is 11.2 Å². The lowest BCUT2D eigenvalue weighted by molar-refractivity contribution is 0.432. The minimum Gasteiger partial charge on any atom is -0.398 e. The monoisotopic (exact) mass is 297 g/mol. The SMILES string of the molecule is CSc1ccc(-c2noc(-c3cccc(N)c3C)n2)cc1. The molecule has 21 heavy (non-hydrogen) atoms. The van der Waals surface area contributed by atoms with Crippen LogP contribution in [0.15, 0.2) is 51.9 Å². The maximum atomic E-state index is 5.92. The first-order valence-corrected chi connectivity index (χ1v) is 7.75. The number of benzene rings is 2. The fourth-order valence-corrected chi connectivity index (χ4v) is 2.48. The number of nitrogens with two attached hydrogens (primary N) is 1. The van der Waals surface area contributed by atoms with Crippen molar-refractivity contribution in [2.45, 2.75) is 11.8 Å². The molecule has 106 valence electrons. The second kappa shape index (κ2) is 5.61. The Balaban J connectivity index is 1.97. The zero-order valence-corrected chi connectivity index (χ0v) is 12.6. The average Bonchev–Trinajstić information content (AvgIpc) is 3.00. The van der Waals surface area contributed by atoms with Crippen LogP contribution >= 0.6 is 11.8 Å². The largest absolute Gasteiger partial charge is 0.398 e. The van der Waals surface area contributed by atoms with Gasteiger partial charge in [0.05, 0.1) is 0 Å². The van der Waals surface area contributed by atoms with Gasteiger partial charge >= 0.3 is 0 Å². The number of rotatable bonds is 3. The van der Waals surface area contributed by atoms with Crippen molar-refractivity contribution in [3.63, 3.8) is 0 Å². The maximum absolute atomic E-state index is 5.92. The third-order valence-corrected chi connectivity index (χ3v) is 4.12. The summed E-state index contributed by atoms with van der Waals surface area (Å²) >= 11 is 1.70. The molecule has 0 atom stereocenters. The van der Waals surface area contributed by atoms with Crippen LogP contribution in [-0.2, 0) is 0 Å². The molecule has 0 saturated carbocycles. The molecule has 3 rings (SSSR count). The summed E-state index contributed by atoms with van der Waals surface area (Å²) in [4.78, 5) is 5.67. The van der Waals surface area contributed by atoms with Crippen LogP contribution in [0.1, 0.15) is 5.56 Å². The quantitative estimate of drug-likeness (QED) is 0.584. The molecule has 0 aliphatic rings. The van der Waals surface area contributed by atoms with Crippen LogP contribution in [0.3, 0.4) is 0 Å². The molecule has 5 heteroatoms. The van der Waals surface area contributed by atoms with E-state index >= 15 is 0 Å². The van der Waals surface area contributed by atoms with Crippen molar-refractivity contribution in [1.82, 2.24) is 10.1 Å². The fourth-order valence-electron chi connectivity index (χ4n) is 2.08. The second-order valence-corrected chi connectivity index (χ2v) is 5.55. The van der Waals surface area contributed by atoms with Gasteiger partial charge in [-0.2, -0.15) is 4.98 Å². The van der Waals surface area contributed by atoms with Gasteiger partial charge in [-0.15, -0.1) is 11.8 Å². The van der Waals surface area contributed by atoms with Crippen molar-refractivity contribution in [3.05, 3.63) is 48.0 Å². The van der Waals surface area contributed by atoms with Crippen LogP contribution in [0.2, 0.25) is 0 Å². The van der Waals surface area contributed by atoms with Crippen LogP contribution in [0.4, 0.5) is 5.69 Å². The third kappa shape index (κ3) is 2.64. The third-order valence-electron chi connectivity index (χ3n) is 3.38. The smallest absolute Gasteiger partial charge is 0.258 e. The lowest BCUT2D eigenvalue weighted by Crippen LogP contribution is -1.92. The Kier molecular flexibility index (Phi) is 3.66. The number of aromatic nitrogens is 2. The van der Waals surface area contributed by atoms with Gasteiger partial charge in [0, 0.05) is 21.7 Å². The van der Waals surface area contributed by atoms with Gasteiger partial charge < -0.3 is 10.3 Å². The van der Waals surface area contributed by atoms with E-state index in [-0.39, 0.29) is 0 Å². The molecule has 2 aromatic carbocycles. The Morgan fingerprint density at radius 3 is 2.57 bits per heavy atom. The lowest BCUT2D eigenvalue weighted by Gasteiger charge is -2.03. The predicted octanol–water partition coefficient (Wildman–Crippen LogP) is 4.02. The van der Waals surface area contributed by atoms with Crippen LogP contribution in [0, 0.1) is 6.92 Å². The van der Waals surface area contributed by atoms with Crippen LogP contribution in [0.25, 0.3) is 22.8 Å². The number of thioether (sulfide) groups is 1. The maximum Gasteiger partial charge on any atom is 0.258 e. The molecule has 0 aliphatic heterocycles. The first-order valence-electron chi connectivity index (χ1n) is 6.52. The molecule has 0 radical (unpaired) electrons. The first-order chi connectivity index (χ1) is 10.2. The Morgan fingerprint density at radius 2 is 1.86 bits per heavy atom. The molecule has 0 aliphatic carbocycles. The predicted molar refractivity (Wildman–Crippen MR) is 86.1 cm³/mol. The van der Waals surface area contributed by atoms with Crippen LogP contribution < -0.4 is 5.73 Å². The summed E-state index contributed by atoms with van der Waals surface area (Å²) in [6, 6.07) is 13.7. The number of nitrogen functional groups attached to an aromatic ring is 1. The molecule has 0 saturated heterocycles. The van der Waals surface area contributed by atoms with Crippen LogP contribution in [0.5, 0.6) is 0 Å². The van der Waals surface area contributed by atoms with Crippen molar-refractivity contribution < 1.29 is 4.52 Å². The number of anilines is 1. The topological polar surface area (TPSA) is 64.9 Å². The normalized spacial score (nSPS) is 10.8. The summed E-state index contributed by atoms with van der Waals surface area (Å²) in [5.74, 6) is 1.07. The van der Waals surface area contributed by atoms with E-state index in [2.05, 4.69) is 10.1 Å². The van der Waals surface area contributed by atoms with E-state index in [0.29, 0.717) is 11.7 Å². The minimum absolute atomic E-state index is 0.490. The molecule has 0 bridgehead atoms. The zero-order valence-electron chi connectivity index (χ0n) is 11.8. The summed E-state index contributed by atoms with van der Waals surface area (Å²) < 4.78 is 5.38. The van der Waals surface area contributed by atoms with Gasteiger partial charge in [0.1, 0.15) is 0 Å². The molecular formula is C16H15N3OS. The molecule has 0 amide bonds. The van der Waals surface area contributed by atoms with E-state index in [1.54, 1.807) is 11.8 Å². The summed E-state index contributed by atoms with van der Waals surface area (Å²) in [5, 5.41) is 4.06. The van der Waals surface area contributed by atoms with E-state index in [1.165, 1.54) is 4.90 Å². The van der Waals surface area contributed by atoms with Crippen LogP contribution in [-0.4, -0.2) is 16.4 Å². The minimum atomic E-state index is 0.490.